The molecular formula is C27H24Zr. The molecule has 3 aromatic carbocycles. The Balaban J connectivity index is 1.36. The number of hydrogen-bond acceptors (Lipinski definition) is 0. The summed E-state index contributed by atoms with van der Waals surface area (Å²) in [5.74, 6) is 1.06. The SMILES string of the molecule is CCc1cc(C2C=Cc3ccccc32)cc[c]1[Zr][CH2]C1C=Cc2ccccc21. The van der Waals surface area contributed by atoms with Gasteiger partial charge in [-0.15, -0.1) is 0 Å². The molecule has 0 fully saturated rings. The number of rotatable bonds is 5. The number of allylic oxidation sites excluding steroid dienone is 2. The Morgan fingerprint density at radius 2 is 1.50 bits per heavy atom. The van der Waals surface area contributed by atoms with Crippen molar-refractivity contribution in [3.63, 3.8) is 0 Å². The summed E-state index contributed by atoms with van der Waals surface area (Å²) in [4.78, 5) is 0. The second-order valence-electron chi connectivity index (χ2n) is 7.71. The third kappa shape index (κ3) is 3.31. The summed E-state index contributed by atoms with van der Waals surface area (Å²) in [6.45, 7) is 2.31. The molecule has 2 unspecified atom stereocenters. The van der Waals surface area contributed by atoms with Gasteiger partial charge in [-0.25, -0.2) is 0 Å². The summed E-state index contributed by atoms with van der Waals surface area (Å²) in [6.07, 6.45) is 10.5. The Bertz CT molecular complexity index is 1070. The van der Waals surface area contributed by atoms with Crippen LogP contribution in [0.4, 0.5) is 0 Å². The molecule has 1 heteroatoms. The maximum atomic E-state index is 2.49. The molecule has 0 spiro atoms. The molecule has 0 nitrogen and oxygen atoms in total. The summed E-state index contributed by atoms with van der Waals surface area (Å²) in [6, 6.07) is 25.0. The van der Waals surface area contributed by atoms with Crippen LogP contribution in [0.25, 0.3) is 12.2 Å². The molecule has 0 radical (unpaired) electrons. The number of fused-ring (bicyclic) bond motifs is 2. The Labute approximate surface area is 179 Å². The van der Waals surface area contributed by atoms with Crippen LogP contribution in [0.3, 0.4) is 0 Å². The van der Waals surface area contributed by atoms with Crippen LogP contribution in [0, 0.1) is 0 Å². The quantitative estimate of drug-likeness (QED) is 0.435. The molecule has 0 aromatic heterocycles. The van der Waals surface area contributed by atoms with Crippen LogP contribution in [0.2, 0.25) is 4.13 Å². The van der Waals surface area contributed by atoms with Crippen LogP contribution >= 0.6 is 0 Å². The molecule has 2 aliphatic carbocycles. The van der Waals surface area contributed by atoms with E-state index in [1.807, 2.05) is 0 Å². The van der Waals surface area contributed by atoms with Crippen molar-refractivity contribution in [3.05, 3.63) is 112 Å². The number of benzene rings is 3. The van der Waals surface area contributed by atoms with Crippen LogP contribution in [0.15, 0.2) is 78.9 Å². The van der Waals surface area contributed by atoms with Gasteiger partial charge in [0.05, 0.1) is 0 Å². The van der Waals surface area contributed by atoms with Gasteiger partial charge in [-0.1, -0.05) is 0 Å². The maximum absolute atomic E-state index is 2.49. The van der Waals surface area contributed by atoms with Gasteiger partial charge in [0.15, 0.2) is 0 Å². The van der Waals surface area contributed by atoms with Crippen LogP contribution in [0.5, 0.6) is 0 Å². The Hall–Kier alpha value is -1.98. The van der Waals surface area contributed by atoms with Gasteiger partial charge in [-0.05, 0) is 0 Å². The van der Waals surface area contributed by atoms with Gasteiger partial charge in [0.1, 0.15) is 0 Å². The van der Waals surface area contributed by atoms with Crippen LogP contribution in [-0.4, -0.2) is 0 Å². The second-order valence-corrected chi connectivity index (χ2v) is 10.9. The first-order valence-corrected chi connectivity index (χ1v) is 13.2. The molecule has 0 saturated carbocycles. The van der Waals surface area contributed by atoms with Crippen molar-refractivity contribution in [2.75, 3.05) is 0 Å². The van der Waals surface area contributed by atoms with E-state index in [1.54, 1.807) is 8.83 Å². The van der Waals surface area contributed by atoms with E-state index in [9.17, 15) is 0 Å². The molecule has 0 amide bonds. The van der Waals surface area contributed by atoms with E-state index in [0.717, 1.165) is 6.42 Å². The van der Waals surface area contributed by atoms with Gasteiger partial charge in [0.25, 0.3) is 0 Å². The molecule has 0 saturated heterocycles. The van der Waals surface area contributed by atoms with Crippen molar-refractivity contribution < 1.29 is 23.2 Å². The van der Waals surface area contributed by atoms with Gasteiger partial charge in [0.2, 0.25) is 0 Å². The van der Waals surface area contributed by atoms with E-state index in [2.05, 4.69) is 98.0 Å². The van der Waals surface area contributed by atoms with Gasteiger partial charge >= 0.3 is 180 Å². The standard InChI is InChI=1S/C17H15.C10H9.Zr/c1-2-13-6-5-8-15(12-13)17-11-10-14-7-3-4-9-16(14)17;1-8-6-7-9-4-2-3-5-10(8)9;/h3-5,7-12,17H,2H2,1H3;2-8H,1H2;. The third-order valence-corrected chi connectivity index (χ3v) is 9.80. The topological polar surface area (TPSA) is 0 Å². The van der Waals surface area contributed by atoms with Crippen molar-refractivity contribution in [1.29, 1.82) is 0 Å². The van der Waals surface area contributed by atoms with Crippen molar-refractivity contribution in [2.45, 2.75) is 29.3 Å². The normalized spacial score (nSPS) is 18.9. The molecule has 3 aromatic rings. The summed E-state index contributed by atoms with van der Waals surface area (Å²) < 4.78 is 3.04. The Morgan fingerprint density at radius 3 is 2.32 bits per heavy atom. The van der Waals surface area contributed by atoms with Crippen LogP contribution in [-0.2, 0) is 29.7 Å². The van der Waals surface area contributed by atoms with Crippen molar-refractivity contribution in [1.82, 2.24) is 0 Å². The monoisotopic (exact) mass is 438 g/mol. The molecule has 5 rings (SSSR count). The first-order chi connectivity index (χ1) is 13.8. The van der Waals surface area contributed by atoms with E-state index >= 15 is 0 Å². The van der Waals surface area contributed by atoms with Crippen LogP contribution < -0.4 is 3.27 Å². The molecule has 0 aliphatic heterocycles. The van der Waals surface area contributed by atoms with Gasteiger partial charge in [-0.3, -0.25) is 0 Å². The van der Waals surface area contributed by atoms with E-state index < -0.39 is 23.2 Å². The van der Waals surface area contributed by atoms with Crippen LogP contribution in [0.1, 0.15) is 52.1 Å². The zero-order valence-corrected chi connectivity index (χ0v) is 18.7. The third-order valence-electron chi connectivity index (χ3n) is 6.08. The van der Waals surface area contributed by atoms with Crippen molar-refractivity contribution in [3.8, 4) is 0 Å². The summed E-state index contributed by atoms with van der Waals surface area (Å²) >= 11 is -0.606. The molecule has 2 aliphatic rings. The van der Waals surface area contributed by atoms with Gasteiger partial charge in [0, 0.05) is 0 Å². The minimum absolute atomic E-state index is 0.422. The first-order valence-electron chi connectivity index (χ1n) is 10.2. The molecule has 136 valence electrons. The van der Waals surface area contributed by atoms with Gasteiger partial charge in [-0.2, -0.15) is 0 Å². The predicted molar refractivity (Wildman–Crippen MR) is 116 cm³/mol. The fraction of sp³-hybridized carbons (Fsp3) is 0.185. The number of aryl methyl sites for hydroxylation is 1. The fourth-order valence-corrected chi connectivity index (χ4v) is 8.15. The van der Waals surface area contributed by atoms with Crippen molar-refractivity contribution >= 4 is 15.4 Å². The zero-order valence-electron chi connectivity index (χ0n) is 16.2. The molecular weight excluding hydrogens is 416 g/mol. The summed E-state index contributed by atoms with van der Waals surface area (Å²) in [7, 11) is 0. The summed E-state index contributed by atoms with van der Waals surface area (Å²) in [5, 5.41) is 0. The molecule has 0 bridgehead atoms. The van der Waals surface area contributed by atoms with E-state index in [-0.39, 0.29) is 0 Å². The van der Waals surface area contributed by atoms with E-state index in [0.29, 0.717) is 11.8 Å². The first kappa shape index (κ1) is 18.1. The average molecular weight is 440 g/mol. The summed E-state index contributed by atoms with van der Waals surface area (Å²) in [5.41, 5.74) is 8.81. The van der Waals surface area contributed by atoms with Gasteiger partial charge < -0.3 is 0 Å². The average Bonchev–Trinajstić information content (AvgIpc) is 3.36. The zero-order chi connectivity index (χ0) is 18.9. The minimum atomic E-state index is -0.606. The molecule has 0 N–H and O–H groups in total. The number of hydrogen-bond donors (Lipinski definition) is 0. The second kappa shape index (κ2) is 7.80. The van der Waals surface area contributed by atoms with Crippen molar-refractivity contribution in [2.24, 2.45) is 0 Å². The molecule has 28 heavy (non-hydrogen) atoms. The fourth-order valence-electron chi connectivity index (χ4n) is 4.53. The Kier molecular flexibility index (Phi) is 5.04. The Morgan fingerprint density at radius 1 is 0.786 bits per heavy atom. The van der Waals surface area contributed by atoms with E-state index in [4.69, 9.17) is 0 Å². The van der Waals surface area contributed by atoms with E-state index in [1.165, 1.54) is 31.9 Å². The predicted octanol–water partition coefficient (Wildman–Crippen LogP) is 6.34. The molecule has 2 atom stereocenters. The molecule has 0 heterocycles.